The Morgan fingerprint density at radius 3 is 2.88 bits per heavy atom. The largest absolute Gasteiger partial charge is 0.493 e. The molecule has 1 atom stereocenters. The molecule has 1 amide bonds. The van der Waals surface area contributed by atoms with E-state index in [1.165, 1.54) is 12.1 Å². The predicted octanol–water partition coefficient (Wildman–Crippen LogP) is 3.19. The van der Waals surface area contributed by atoms with Gasteiger partial charge in [0.1, 0.15) is 11.6 Å². The Morgan fingerprint density at radius 2 is 2.15 bits per heavy atom. The monoisotopic (exact) mass is 361 g/mol. The van der Waals surface area contributed by atoms with Crippen LogP contribution in [-0.4, -0.2) is 40.6 Å². The molecule has 0 radical (unpaired) electrons. The highest BCUT2D eigenvalue weighted by Crippen LogP contribution is 2.26. The third-order valence-electron chi connectivity index (χ3n) is 4.47. The van der Waals surface area contributed by atoms with E-state index in [1.54, 1.807) is 12.1 Å². The van der Waals surface area contributed by atoms with Gasteiger partial charge in [0.2, 0.25) is 11.8 Å². The normalized spacial score (nSPS) is 17.5. The minimum absolute atomic E-state index is 0.00407. The number of likely N-dealkylation sites (tertiary alicyclic amines) is 1. The van der Waals surface area contributed by atoms with Gasteiger partial charge in [-0.2, -0.15) is 4.98 Å². The van der Waals surface area contributed by atoms with Crippen molar-refractivity contribution < 1.29 is 18.4 Å². The number of ether oxygens (including phenoxy) is 1. The Morgan fingerprint density at radius 1 is 1.38 bits per heavy atom. The van der Waals surface area contributed by atoms with Gasteiger partial charge < -0.3 is 14.2 Å². The molecule has 6 nitrogen and oxygen atoms in total. The first-order valence-corrected chi connectivity index (χ1v) is 9.02. The summed E-state index contributed by atoms with van der Waals surface area (Å²) >= 11 is 0. The summed E-state index contributed by atoms with van der Waals surface area (Å²) in [5, 5.41) is 4.01. The summed E-state index contributed by atoms with van der Waals surface area (Å²) in [6.45, 7) is 5.63. The topological polar surface area (TPSA) is 68.5 Å². The molecule has 1 fully saturated rings. The van der Waals surface area contributed by atoms with E-state index in [0.29, 0.717) is 37.0 Å². The lowest BCUT2D eigenvalue weighted by atomic mass is 9.97. The zero-order valence-corrected chi connectivity index (χ0v) is 15.2. The van der Waals surface area contributed by atoms with E-state index in [1.807, 2.05) is 18.7 Å². The van der Waals surface area contributed by atoms with Crippen LogP contribution in [0, 0.1) is 11.7 Å². The highest BCUT2D eigenvalue weighted by Gasteiger charge is 2.29. The van der Waals surface area contributed by atoms with Gasteiger partial charge in [0.05, 0.1) is 12.5 Å². The maximum Gasteiger partial charge on any atom is 0.231 e. The zero-order chi connectivity index (χ0) is 18.5. The molecule has 0 N–H and O–H groups in total. The Balaban J connectivity index is 1.52. The number of halogens is 1. The van der Waals surface area contributed by atoms with E-state index in [0.717, 1.165) is 19.4 Å². The molecule has 140 valence electrons. The lowest BCUT2D eigenvalue weighted by molar-refractivity contribution is -0.135. The van der Waals surface area contributed by atoms with Crippen LogP contribution in [0.25, 0.3) is 0 Å². The lowest BCUT2D eigenvalue weighted by Crippen LogP contribution is -2.41. The smallest absolute Gasteiger partial charge is 0.231 e. The van der Waals surface area contributed by atoms with Crippen LogP contribution in [0.1, 0.15) is 44.3 Å². The second-order valence-corrected chi connectivity index (χ2v) is 6.88. The van der Waals surface area contributed by atoms with Crippen molar-refractivity contribution in [2.75, 3.05) is 19.7 Å². The average molecular weight is 361 g/mol. The fourth-order valence-electron chi connectivity index (χ4n) is 3.07. The minimum Gasteiger partial charge on any atom is -0.493 e. The van der Waals surface area contributed by atoms with Crippen molar-refractivity contribution in [2.24, 2.45) is 5.92 Å². The van der Waals surface area contributed by atoms with Crippen LogP contribution in [0.15, 0.2) is 28.8 Å². The first-order chi connectivity index (χ1) is 12.5. The molecular formula is C19H24FN3O3. The van der Waals surface area contributed by atoms with Gasteiger partial charge >= 0.3 is 0 Å². The van der Waals surface area contributed by atoms with Crippen LogP contribution in [0.5, 0.6) is 5.75 Å². The molecule has 2 heterocycles. The first kappa shape index (κ1) is 18.4. The lowest BCUT2D eigenvalue weighted by Gasteiger charge is -2.32. The highest BCUT2D eigenvalue weighted by atomic mass is 19.1. The minimum atomic E-state index is -0.294. The van der Waals surface area contributed by atoms with Gasteiger partial charge in [-0.15, -0.1) is 0 Å². The van der Waals surface area contributed by atoms with E-state index < -0.39 is 0 Å². The first-order valence-electron chi connectivity index (χ1n) is 9.02. The van der Waals surface area contributed by atoms with Crippen LogP contribution in [0.3, 0.4) is 0 Å². The molecular weight excluding hydrogens is 337 g/mol. The Kier molecular flexibility index (Phi) is 5.85. The second kappa shape index (κ2) is 8.29. The van der Waals surface area contributed by atoms with Gasteiger partial charge in [-0.3, -0.25) is 4.79 Å². The van der Waals surface area contributed by atoms with E-state index >= 15 is 0 Å². The van der Waals surface area contributed by atoms with Crippen LogP contribution in [-0.2, 0) is 11.2 Å². The van der Waals surface area contributed by atoms with Crippen molar-refractivity contribution in [1.29, 1.82) is 0 Å². The molecule has 2 aromatic rings. The fourth-order valence-corrected chi connectivity index (χ4v) is 3.07. The highest BCUT2D eigenvalue weighted by molar-refractivity contribution is 5.78. The number of piperidine rings is 1. The van der Waals surface area contributed by atoms with Gasteiger partial charge in [-0.25, -0.2) is 4.39 Å². The number of amides is 1. The standard InChI is InChI=1S/C19H24FN3O3/c1-13(2)19(24)23-10-3-4-14(12-23)18-21-17(22-26-18)9-11-25-16-7-5-15(20)6-8-16/h5-8,13-14H,3-4,9-12H2,1-2H3. The molecule has 1 saturated heterocycles. The molecule has 1 aliphatic rings. The van der Waals surface area contributed by atoms with Crippen molar-refractivity contribution in [3.63, 3.8) is 0 Å². The summed E-state index contributed by atoms with van der Waals surface area (Å²) in [5.41, 5.74) is 0. The molecule has 0 spiro atoms. The van der Waals surface area contributed by atoms with E-state index in [9.17, 15) is 9.18 Å². The number of carbonyl (C=O) groups is 1. The van der Waals surface area contributed by atoms with Crippen molar-refractivity contribution in [1.82, 2.24) is 15.0 Å². The summed E-state index contributed by atoms with van der Waals surface area (Å²) in [4.78, 5) is 18.5. The quantitative estimate of drug-likeness (QED) is 0.790. The zero-order valence-electron chi connectivity index (χ0n) is 15.2. The van der Waals surface area contributed by atoms with Crippen LogP contribution >= 0.6 is 0 Å². The van der Waals surface area contributed by atoms with Crippen LogP contribution in [0.2, 0.25) is 0 Å². The third-order valence-corrected chi connectivity index (χ3v) is 4.47. The molecule has 1 unspecified atom stereocenters. The van der Waals surface area contributed by atoms with E-state index in [4.69, 9.17) is 9.26 Å². The third kappa shape index (κ3) is 4.59. The van der Waals surface area contributed by atoms with E-state index in [2.05, 4.69) is 10.1 Å². The second-order valence-electron chi connectivity index (χ2n) is 6.88. The van der Waals surface area contributed by atoms with Crippen molar-refractivity contribution in [3.05, 3.63) is 41.8 Å². The predicted molar refractivity (Wildman–Crippen MR) is 93.3 cm³/mol. The Labute approximate surface area is 152 Å². The molecule has 0 bridgehead atoms. The summed E-state index contributed by atoms with van der Waals surface area (Å²) in [6.07, 6.45) is 2.38. The SMILES string of the molecule is CC(C)C(=O)N1CCCC(c2nc(CCOc3ccc(F)cc3)no2)C1. The molecule has 7 heteroatoms. The molecule has 1 aromatic heterocycles. The summed E-state index contributed by atoms with van der Waals surface area (Å²) in [7, 11) is 0. The average Bonchev–Trinajstić information content (AvgIpc) is 3.12. The molecule has 1 aliphatic heterocycles. The van der Waals surface area contributed by atoms with Crippen LogP contribution in [0.4, 0.5) is 4.39 Å². The molecule has 0 aliphatic carbocycles. The maximum atomic E-state index is 12.9. The Bertz CT molecular complexity index is 730. The molecule has 26 heavy (non-hydrogen) atoms. The number of aromatic nitrogens is 2. The number of hydrogen-bond donors (Lipinski definition) is 0. The Hall–Kier alpha value is -2.44. The molecule has 0 saturated carbocycles. The van der Waals surface area contributed by atoms with Gasteiger partial charge in [-0.05, 0) is 37.1 Å². The van der Waals surface area contributed by atoms with Gasteiger partial charge in [-0.1, -0.05) is 19.0 Å². The number of nitrogens with zero attached hydrogens (tertiary/aromatic N) is 3. The number of rotatable bonds is 6. The summed E-state index contributed by atoms with van der Waals surface area (Å²) in [6, 6.07) is 5.88. The fraction of sp³-hybridized carbons (Fsp3) is 0.526. The summed E-state index contributed by atoms with van der Waals surface area (Å²) in [5.74, 6) is 1.73. The number of carbonyl (C=O) groups excluding carboxylic acids is 1. The number of hydrogen-bond acceptors (Lipinski definition) is 5. The molecule has 3 rings (SSSR count). The van der Waals surface area contributed by atoms with Crippen molar-refractivity contribution in [2.45, 2.75) is 39.0 Å². The van der Waals surface area contributed by atoms with Gasteiger partial charge in [0.15, 0.2) is 5.82 Å². The summed E-state index contributed by atoms with van der Waals surface area (Å²) < 4.78 is 23.8. The number of benzene rings is 1. The van der Waals surface area contributed by atoms with Gasteiger partial charge in [0, 0.05) is 25.4 Å². The maximum absolute atomic E-state index is 12.9. The van der Waals surface area contributed by atoms with Crippen molar-refractivity contribution >= 4 is 5.91 Å². The van der Waals surface area contributed by atoms with Crippen molar-refractivity contribution in [3.8, 4) is 5.75 Å². The van der Waals surface area contributed by atoms with Gasteiger partial charge in [0.25, 0.3) is 0 Å². The molecule has 1 aromatic carbocycles. The van der Waals surface area contributed by atoms with Crippen LogP contribution < -0.4 is 4.74 Å². The van der Waals surface area contributed by atoms with E-state index in [-0.39, 0.29) is 23.6 Å².